The molecular formula is C16H20N4O3S. The molecule has 0 radical (unpaired) electrons. The van der Waals surface area contributed by atoms with Gasteiger partial charge in [0.25, 0.3) is 5.91 Å². The number of aromatic nitrogens is 2. The van der Waals surface area contributed by atoms with E-state index in [2.05, 4.69) is 10.4 Å². The van der Waals surface area contributed by atoms with Crippen LogP contribution in [0.5, 0.6) is 5.75 Å². The van der Waals surface area contributed by atoms with Crippen LogP contribution < -0.4 is 10.1 Å². The topological polar surface area (TPSA) is 76.5 Å². The minimum Gasteiger partial charge on any atom is -0.492 e. The Hall–Kier alpha value is -2.35. The minimum absolute atomic E-state index is 0.0668. The molecule has 1 aliphatic rings. The van der Waals surface area contributed by atoms with Gasteiger partial charge in [0, 0.05) is 19.8 Å². The zero-order chi connectivity index (χ0) is 17.1. The highest BCUT2D eigenvalue weighted by Gasteiger charge is 2.31. The molecule has 1 N–H and O–H groups in total. The molecule has 3 heterocycles. The second kappa shape index (κ2) is 7.04. The van der Waals surface area contributed by atoms with E-state index in [1.54, 1.807) is 18.1 Å². The van der Waals surface area contributed by atoms with Crippen LogP contribution in [0.25, 0.3) is 0 Å². The van der Waals surface area contributed by atoms with Crippen LogP contribution >= 0.6 is 11.3 Å². The summed E-state index contributed by atoms with van der Waals surface area (Å²) in [6.07, 6.45) is 1.99. The number of fused-ring (bicyclic) bond motifs is 1. The van der Waals surface area contributed by atoms with E-state index in [1.807, 2.05) is 29.1 Å². The number of hydrogen-bond donors (Lipinski definition) is 1. The van der Waals surface area contributed by atoms with Crippen LogP contribution in [0.1, 0.15) is 34.8 Å². The van der Waals surface area contributed by atoms with Gasteiger partial charge in [-0.1, -0.05) is 0 Å². The number of carbonyl (C=O) groups is 2. The van der Waals surface area contributed by atoms with Crippen LogP contribution in [0.3, 0.4) is 0 Å². The molecule has 2 aromatic rings. The molecule has 8 heteroatoms. The predicted molar refractivity (Wildman–Crippen MR) is 90.2 cm³/mol. The second-order valence-electron chi connectivity index (χ2n) is 5.53. The molecule has 1 atom stereocenters. The molecule has 3 rings (SSSR count). The van der Waals surface area contributed by atoms with Crippen LogP contribution in [0.2, 0.25) is 0 Å². The Morgan fingerprint density at radius 3 is 3.04 bits per heavy atom. The number of amides is 2. The molecule has 0 aliphatic carbocycles. The van der Waals surface area contributed by atoms with E-state index < -0.39 is 0 Å². The van der Waals surface area contributed by atoms with Crippen LogP contribution in [-0.4, -0.2) is 46.7 Å². The Balaban J connectivity index is 1.83. The molecule has 2 aromatic heterocycles. The largest absolute Gasteiger partial charge is 0.492 e. The summed E-state index contributed by atoms with van der Waals surface area (Å²) in [4.78, 5) is 27.1. The van der Waals surface area contributed by atoms with E-state index >= 15 is 0 Å². The van der Waals surface area contributed by atoms with Crippen molar-refractivity contribution in [3.05, 3.63) is 34.3 Å². The number of carbonyl (C=O) groups excluding carboxylic acids is 2. The summed E-state index contributed by atoms with van der Waals surface area (Å²) >= 11 is 1.38. The number of nitrogens with zero attached hydrogens (tertiary/aromatic N) is 3. The molecule has 0 bridgehead atoms. The van der Waals surface area contributed by atoms with Crippen LogP contribution in [0.15, 0.2) is 23.7 Å². The predicted octanol–water partition coefficient (Wildman–Crippen LogP) is 1.68. The SMILES string of the molecule is CCOc1ccsc1C(=O)N1Cc2ccnn2C(CC(=O)NC)C1. The molecule has 1 aliphatic heterocycles. The molecule has 24 heavy (non-hydrogen) atoms. The summed E-state index contributed by atoms with van der Waals surface area (Å²) in [7, 11) is 1.61. The van der Waals surface area contributed by atoms with Gasteiger partial charge in [-0.3, -0.25) is 14.3 Å². The maximum atomic E-state index is 12.9. The summed E-state index contributed by atoms with van der Waals surface area (Å²) in [6, 6.07) is 3.54. The highest BCUT2D eigenvalue weighted by molar-refractivity contribution is 7.12. The van der Waals surface area contributed by atoms with Gasteiger partial charge in [0.1, 0.15) is 10.6 Å². The van der Waals surface area contributed by atoms with Crippen molar-refractivity contribution in [2.24, 2.45) is 0 Å². The lowest BCUT2D eigenvalue weighted by Crippen LogP contribution is -2.42. The Labute approximate surface area is 144 Å². The van der Waals surface area contributed by atoms with E-state index in [9.17, 15) is 9.59 Å². The van der Waals surface area contributed by atoms with Gasteiger partial charge in [-0.2, -0.15) is 5.10 Å². The fourth-order valence-electron chi connectivity index (χ4n) is 2.88. The highest BCUT2D eigenvalue weighted by Crippen LogP contribution is 2.30. The first kappa shape index (κ1) is 16.5. The van der Waals surface area contributed by atoms with Crippen molar-refractivity contribution in [1.29, 1.82) is 0 Å². The molecular weight excluding hydrogens is 328 g/mol. The first-order valence-electron chi connectivity index (χ1n) is 7.86. The fourth-order valence-corrected chi connectivity index (χ4v) is 3.68. The van der Waals surface area contributed by atoms with Crippen LogP contribution in [-0.2, 0) is 11.3 Å². The molecule has 0 spiro atoms. The molecule has 0 saturated carbocycles. The Morgan fingerprint density at radius 2 is 2.29 bits per heavy atom. The summed E-state index contributed by atoms with van der Waals surface area (Å²) in [5.74, 6) is 0.485. The van der Waals surface area contributed by atoms with E-state index in [0.29, 0.717) is 30.3 Å². The van der Waals surface area contributed by atoms with Gasteiger partial charge in [-0.25, -0.2) is 0 Å². The lowest BCUT2D eigenvalue weighted by molar-refractivity contribution is -0.121. The summed E-state index contributed by atoms with van der Waals surface area (Å²) in [6.45, 7) is 3.34. The monoisotopic (exact) mass is 348 g/mol. The number of thiophene rings is 1. The number of nitrogens with one attached hydrogen (secondary N) is 1. The van der Waals surface area contributed by atoms with Gasteiger partial charge >= 0.3 is 0 Å². The number of ether oxygens (including phenoxy) is 1. The number of rotatable bonds is 5. The van der Waals surface area contributed by atoms with Crippen molar-refractivity contribution in [3.63, 3.8) is 0 Å². The summed E-state index contributed by atoms with van der Waals surface area (Å²) in [5, 5.41) is 8.79. The molecule has 2 amide bonds. The van der Waals surface area contributed by atoms with Crippen molar-refractivity contribution in [3.8, 4) is 5.75 Å². The van der Waals surface area contributed by atoms with Gasteiger partial charge in [-0.05, 0) is 24.4 Å². The second-order valence-corrected chi connectivity index (χ2v) is 6.45. The van der Waals surface area contributed by atoms with Gasteiger partial charge in [0.2, 0.25) is 5.91 Å². The lowest BCUT2D eigenvalue weighted by Gasteiger charge is -2.33. The van der Waals surface area contributed by atoms with E-state index in [0.717, 1.165) is 5.69 Å². The third-order valence-corrected chi connectivity index (χ3v) is 4.88. The van der Waals surface area contributed by atoms with Gasteiger partial charge in [0.15, 0.2) is 0 Å². The lowest BCUT2D eigenvalue weighted by atomic mass is 10.1. The smallest absolute Gasteiger partial charge is 0.268 e. The fraction of sp³-hybridized carbons (Fsp3) is 0.438. The Morgan fingerprint density at radius 1 is 1.46 bits per heavy atom. The van der Waals surface area contributed by atoms with E-state index in [1.165, 1.54) is 11.3 Å². The van der Waals surface area contributed by atoms with E-state index in [-0.39, 0.29) is 24.3 Å². The van der Waals surface area contributed by atoms with Gasteiger partial charge in [-0.15, -0.1) is 11.3 Å². The van der Waals surface area contributed by atoms with Crippen molar-refractivity contribution in [1.82, 2.24) is 20.0 Å². The first-order valence-corrected chi connectivity index (χ1v) is 8.74. The third kappa shape index (κ3) is 3.14. The first-order chi connectivity index (χ1) is 11.6. The third-order valence-electron chi connectivity index (χ3n) is 3.99. The minimum atomic E-state index is -0.164. The van der Waals surface area contributed by atoms with Gasteiger partial charge < -0.3 is 15.0 Å². The average Bonchev–Trinajstić information content (AvgIpc) is 3.23. The maximum Gasteiger partial charge on any atom is 0.268 e. The van der Waals surface area contributed by atoms with Crippen LogP contribution in [0.4, 0.5) is 0 Å². The van der Waals surface area contributed by atoms with Crippen LogP contribution in [0, 0.1) is 0 Å². The molecule has 0 fully saturated rings. The normalized spacial score (nSPS) is 16.6. The Kier molecular flexibility index (Phi) is 4.84. The molecule has 128 valence electrons. The quantitative estimate of drug-likeness (QED) is 0.892. The molecule has 0 saturated heterocycles. The van der Waals surface area contributed by atoms with E-state index in [4.69, 9.17) is 4.74 Å². The molecule has 0 aromatic carbocycles. The maximum absolute atomic E-state index is 12.9. The van der Waals surface area contributed by atoms with Crippen molar-refractivity contribution in [2.75, 3.05) is 20.2 Å². The van der Waals surface area contributed by atoms with Crippen molar-refractivity contribution in [2.45, 2.75) is 25.9 Å². The van der Waals surface area contributed by atoms with Crippen molar-refractivity contribution < 1.29 is 14.3 Å². The number of hydrogen-bond acceptors (Lipinski definition) is 5. The zero-order valence-corrected chi connectivity index (χ0v) is 14.5. The highest BCUT2D eigenvalue weighted by atomic mass is 32.1. The average molecular weight is 348 g/mol. The summed E-state index contributed by atoms with van der Waals surface area (Å²) in [5.41, 5.74) is 0.929. The van der Waals surface area contributed by atoms with Crippen molar-refractivity contribution >= 4 is 23.2 Å². The van der Waals surface area contributed by atoms with Gasteiger partial charge in [0.05, 0.1) is 31.3 Å². The summed E-state index contributed by atoms with van der Waals surface area (Å²) < 4.78 is 7.38. The zero-order valence-electron chi connectivity index (χ0n) is 13.7. The molecule has 7 nitrogen and oxygen atoms in total. The Bertz CT molecular complexity index is 739. The molecule has 1 unspecified atom stereocenters. The standard InChI is InChI=1S/C16H20N4O3S/c1-3-23-13-5-7-24-15(13)16(22)19-9-11-4-6-18-20(11)12(10-19)8-14(21)17-2/h4-7,12H,3,8-10H2,1-2H3,(H,17,21).